The van der Waals surface area contributed by atoms with Crippen LogP contribution in [0.3, 0.4) is 0 Å². The highest BCUT2D eigenvalue weighted by Crippen LogP contribution is 2.19. The number of hydrogen-bond acceptors (Lipinski definition) is 6. The number of rotatable bonds is 14. The van der Waals surface area contributed by atoms with E-state index in [2.05, 4.69) is 26.0 Å². The van der Waals surface area contributed by atoms with Gasteiger partial charge in [0, 0.05) is 12.5 Å². The third kappa shape index (κ3) is 9.84. The fourth-order valence-corrected chi connectivity index (χ4v) is 3.90. The Hall–Kier alpha value is -3.62. The van der Waals surface area contributed by atoms with Crippen LogP contribution in [0.1, 0.15) is 33.1 Å². The average molecular weight is 579 g/mol. The first kappa shape index (κ1) is 32.6. The molecule has 40 heavy (non-hydrogen) atoms. The van der Waals surface area contributed by atoms with Gasteiger partial charge in [0.25, 0.3) is 12.9 Å². The van der Waals surface area contributed by atoms with Crippen molar-refractivity contribution in [3.63, 3.8) is 0 Å². The molecule has 222 valence electrons. The molecule has 0 unspecified atom stereocenters. The number of hydrogen-bond donors (Lipinski definition) is 4. The van der Waals surface area contributed by atoms with Crippen molar-refractivity contribution in [2.24, 2.45) is 11.8 Å². The summed E-state index contributed by atoms with van der Waals surface area (Å²) in [5.74, 6) is -6.78. The molecule has 2 rings (SSSR count). The Kier molecular flexibility index (Phi) is 12.4. The summed E-state index contributed by atoms with van der Waals surface area (Å²) in [5.41, 5.74) is -0.279. The van der Waals surface area contributed by atoms with E-state index in [1.165, 1.54) is 18.2 Å². The van der Waals surface area contributed by atoms with Crippen LogP contribution in [0.2, 0.25) is 0 Å². The number of ketones is 1. The van der Waals surface area contributed by atoms with Crippen LogP contribution in [-0.2, 0) is 28.7 Å². The smallest absolute Gasteiger partial charge is 0.313 e. The minimum atomic E-state index is -3.58. The molecule has 1 fully saturated rings. The Labute approximate surface area is 226 Å². The van der Waals surface area contributed by atoms with E-state index in [0.717, 1.165) is 6.07 Å². The van der Waals surface area contributed by atoms with Crippen molar-refractivity contribution in [1.29, 1.82) is 0 Å². The van der Waals surface area contributed by atoms with E-state index in [-0.39, 0.29) is 31.0 Å². The molecule has 0 bridgehead atoms. The van der Waals surface area contributed by atoms with Crippen LogP contribution in [0.5, 0.6) is 0 Å². The zero-order chi connectivity index (χ0) is 30.0. The number of carbonyl (C=O) groups is 5. The molecule has 15 heteroatoms. The summed E-state index contributed by atoms with van der Waals surface area (Å²) >= 11 is 0. The van der Waals surface area contributed by atoms with Crippen molar-refractivity contribution in [1.82, 2.24) is 16.0 Å². The summed E-state index contributed by atoms with van der Waals surface area (Å²) in [5, 5.41) is 9.14. The lowest BCUT2D eigenvalue weighted by molar-refractivity contribution is -0.148. The van der Waals surface area contributed by atoms with Gasteiger partial charge >= 0.3 is 11.8 Å². The third-order valence-corrected chi connectivity index (χ3v) is 5.96. The molecule has 3 atom stereocenters. The summed E-state index contributed by atoms with van der Waals surface area (Å²) in [7, 11) is 0. The van der Waals surface area contributed by atoms with Crippen molar-refractivity contribution >= 4 is 35.1 Å². The quantitative estimate of drug-likeness (QED) is 0.196. The average Bonchev–Trinajstić information content (AvgIpc) is 3.27. The van der Waals surface area contributed by atoms with Gasteiger partial charge in [-0.15, -0.1) is 0 Å². The number of Topliss-reactive ketones (excluding diaryl/α,β-unsaturated/α-hetero) is 1. The predicted octanol–water partition coefficient (Wildman–Crippen LogP) is 1.79. The standard InChI is InChI=1S/C25H31F5N4O6/c1-12(2)9-17(34-25(39)24(38)32-15-6-4-3-5-14(15)26)23(37)33-16(10-13-7-8-31-22(13)36)18(35)11-40-19(20(27)28)21(29)30/h3-6,12-13,16-17,19-21H,7-11H2,1-2H3,(H,31,36)(H,32,38)(H,33,37)(H,34,39)/t13-,16-,17-/m0/s1. The number of halogens is 5. The summed E-state index contributed by atoms with van der Waals surface area (Å²) < 4.78 is 69.6. The number of alkyl halides is 4. The molecule has 1 aromatic carbocycles. The molecular formula is C25H31F5N4O6. The van der Waals surface area contributed by atoms with Gasteiger partial charge in [-0.2, -0.15) is 0 Å². The number of ether oxygens (including phenoxy) is 1. The van der Waals surface area contributed by atoms with Crippen LogP contribution >= 0.6 is 0 Å². The van der Waals surface area contributed by atoms with Crippen molar-refractivity contribution in [3.05, 3.63) is 30.1 Å². The first-order chi connectivity index (χ1) is 18.8. The molecule has 1 aromatic rings. The molecule has 1 aliphatic heterocycles. The van der Waals surface area contributed by atoms with Crippen molar-refractivity contribution < 1.29 is 50.7 Å². The second kappa shape index (κ2) is 15.2. The Bertz CT molecular complexity index is 1070. The molecule has 1 saturated heterocycles. The second-order valence-corrected chi connectivity index (χ2v) is 9.57. The first-order valence-corrected chi connectivity index (χ1v) is 12.4. The molecule has 0 spiro atoms. The zero-order valence-electron chi connectivity index (χ0n) is 21.7. The molecule has 0 aliphatic carbocycles. The lowest BCUT2D eigenvalue weighted by Crippen LogP contribution is -2.54. The molecule has 0 saturated carbocycles. The molecule has 10 nitrogen and oxygen atoms in total. The van der Waals surface area contributed by atoms with Gasteiger partial charge in [0.05, 0.1) is 11.7 Å². The van der Waals surface area contributed by atoms with E-state index >= 15 is 0 Å². The van der Waals surface area contributed by atoms with E-state index < -0.39 is 78.8 Å². The van der Waals surface area contributed by atoms with Gasteiger partial charge in [-0.25, -0.2) is 22.0 Å². The highest BCUT2D eigenvalue weighted by atomic mass is 19.3. The van der Waals surface area contributed by atoms with Crippen LogP contribution < -0.4 is 21.3 Å². The van der Waals surface area contributed by atoms with Gasteiger partial charge in [-0.3, -0.25) is 24.0 Å². The van der Waals surface area contributed by atoms with Crippen LogP contribution in [0.25, 0.3) is 0 Å². The summed E-state index contributed by atoms with van der Waals surface area (Å²) in [6, 6.07) is 2.15. The van der Waals surface area contributed by atoms with Gasteiger partial charge in [0.2, 0.25) is 11.8 Å². The predicted molar refractivity (Wildman–Crippen MR) is 131 cm³/mol. The molecule has 4 N–H and O–H groups in total. The Morgan fingerprint density at radius 1 is 1.00 bits per heavy atom. The number of para-hydroxylation sites is 1. The Balaban J connectivity index is 2.16. The van der Waals surface area contributed by atoms with Gasteiger partial charge in [-0.1, -0.05) is 26.0 Å². The normalized spacial score (nSPS) is 16.7. The zero-order valence-corrected chi connectivity index (χ0v) is 21.7. The van der Waals surface area contributed by atoms with Crippen molar-refractivity contribution in [2.75, 3.05) is 18.5 Å². The maximum Gasteiger partial charge on any atom is 0.313 e. The lowest BCUT2D eigenvalue weighted by Gasteiger charge is -2.25. The maximum absolute atomic E-state index is 13.8. The van der Waals surface area contributed by atoms with Crippen molar-refractivity contribution in [2.45, 2.75) is 64.1 Å². The van der Waals surface area contributed by atoms with Crippen LogP contribution in [0.15, 0.2) is 24.3 Å². The van der Waals surface area contributed by atoms with Crippen LogP contribution in [0.4, 0.5) is 27.6 Å². The fourth-order valence-electron chi connectivity index (χ4n) is 3.90. The number of anilines is 1. The summed E-state index contributed by atoms with van der Waals surface area (Å²) in [6.07, 6.45) is -10.0. The Morgan fingerprint density at radius 2 is 1.65 bits per heavy atom. The van der Waals surface area contributed by atoms with E-state index in [1.54, 1.807) is 13.8 Å². The maximum atomic E-state index is 13.8. The van der Waals surface area contributed by atoms with E-state index in [0.29, 0.717) is 6.42 Å². The molecule has 1 aliphatic rings. The number of amides is 4. The topological polar surface area (TPSA) is 143 Å². The number of nitrogens with one attached hydrogen (secondary N) is 4. The minimum Gasteiger partial charge on any atom is -0.358 e. The molecule has 4 amide bonds. The summed E-state index contributed by atoms with van der Waals surface area (Å²) in [4.78, 5) is 62.8. The third-order valence-electron chi connectivity index (χ3n) is 5.96. The SMILES string of the molecule is CC(C)C[C@H](NC(=O)C(=O)Nc1ccccc1F)C(=O)N[C@@H](C[C@@H]1CCNC1=O)C(=O)COC(C(F)F)C(F)F. The van der Waals surface area contributed by atoms with Crippen LogP contribution in [-0.4, -0.2) is 73.6 Å². The minimum absolute atomic E-state index is 0.0231. The number of benzene rings is 1. The molecule has 0 radical (unpaired) electrons. The lowest BCUT2D eigenvalue weighted by atomic mass is 9.95. The Morgan fingerprint density at radius 3 is 2.20 bits per heavy atom. The van der Waals surface area contributed by atoms with Gasteiger partial charge in [0.15, 0.2) is 11.9 Å². The second-order valence-electron chi connectivity index (χ2n) is 9.57. The highest BCUT2D eigenvalue weighted by molar-refractivity contribution is 6.40. The van der Waals surface area contributed by atoms with Crippen molar-refractivity contribution in [3.8, 4) is 0 Å². The van der Waals surface area contributed by atoms with Gasteiger partial charge in [0.1, 0.15) is 18.5 Å². The van der Waals surface area contributed by atoms with Gasteiger partial charge < -0.3 is 26.0 Å². The highest BCUT2D eigenvalue weighted by Gasteiger charge is 2.36. The van der Waals surface area contributed by atoms with Crippen LogP contribution in [0, 0.1) is 17.7 Å². The molecule has 0 aromatic heterocycles. The van der Waals surface area contributed by atoms with E-state index in [9.17, 15) is 45.9 Å². The first-order valence-electron chi connectivity index (χ1n) is 12.4. The van der Waals surface area contributed by atoms with E-state index in [4.69, 9.17) is 0 Å². The van der Waals surface area contributed by atoms with Gasteiger partial charge in [-0.05, 0) is 37.3 Å². The monoisotopic (exact) mass is 578 g/mol. The number of carbonyl (C=O) groups excluding carboxylic acids is 5. The molecular weight excluding hydrogens is 547 g/mol. The fraction of sp³-hybridized carbons (Fsp3) is 0.560. The van der Waals surface area contributed by atoms with E-state index in [1.807, 2.05) is 0 Å². The summed E-state index contributed by atoms with van der Waals surface area (Å²) in [6.45, 7) is 2.47. The largest absolute Gasteiger partial charge is 0.358 e. The molecule has 1 heterocycles.